The van der Waals surface area contributed by atoms with Crippen molar-refractivity contribution in [2.75, 3.05) is 6.61 Å². The van der Waals surface area contributed by atoms with Crippen molar-refractivity contribution in [1.82, 2.24) is 12.3 Å². The summed E-state index contributed by atoms with van der Waals surface area (Å²) >= 11 is 0. The Hall–Kier alpha value is -0.650. The minimum absolute atomic E-state index is 0. The lowest BCUT2D eigenvalue weighted by molar-refractivity contribution is -0.361. The van der Waals surface area contributed by atoms with E-state index in [1.54, 1.807) is 6.92 Å². The van der Waals surface area contributed by atoms with E-state index < -0.39 is 6.47 Å². The molecule has 0 atom stereocenters. The van der Waals surface area contributed by atoms with E-state index in [0.29, 0.717) is 0 Å². The van der Waals surface area contributed by atoms with E-state index in [9.17, 15) is 0 Å². The quantitative estimate of drug-likeness (QED) is 0.381. The summed E-state index contributed by atoms with van der Waals surface area (Å²) in [6.45, 7) is 1.07. The Balaban J connectivity index is -0.0000000160. The molecule has 0 unspecified atom stereocenters. The molecule has 0 aliphatic heterocycles. The van der Waals surface area contributed by atoms with Crippen LogP contribution in [0.5, 0.6) is 0 Å². The third-order valence-corrected chi connectivity index (χ3v) is 0. The maximum absolute atomic E-state index is 8.93. The summed E-state index contributed by atoms with van der Waals surface area (Å²) in [5.74, 6) is 0. The van der Waals surface area contributed by atoms with E-state index in [1.807, 2.05) is 0 Å². The predicted octanol–water partition coefficient (Wildman–Crippen LogP) is -1.51. The molecule has 0 radical (unpaired) electrons. The first-order valence-electron chi connectivity index (χ1n) is 1.47. The van der Waals surface area contributed by atoms with Crippen molar-refractivity contribution < 1.29 is 15.0 Å². The van der Waals surface area contributed by atoms with E-state index >= 15 is 0 Å². The average molecular weight is 126 g/mol. The van der Waals surface area contributed by atoms with Gasteiger partial charge in [-0.2, -0.15) is 0 Å². The first-order valence-corrected chi connectivity index (χ1v) is 1.47. The van der Waals surface area contributed by atoms with Crippen LogP contribution in [0.1, 0.15) is 6.92 Å². The van der Waals surface area contributed by atoms with Crippen molar-refractivity contribution in [3.8, 4) is 0 Å². The summed E-state index contributed by atoms with van der Waals surface area (Å²) < 4.78 is 0. The Morgan fingerprint density at radius 1 is 1.50 bits per heavy atom. The van der Waals surface area contributed by atoms with Crippen molar-refractivity contribution in [3.05, 3.63) is 0 Å². The van der Waals surface area contributed by atoms with E-state index in [4.69, 9.17) is 15.0 Å². The summed E-state index contributed by atoms with van der Waals surface area (Å²) in [6.07, 6.45) is 0. The summed E-state index contributed by atoms with van der Waals surface area (Å²) in [7, 11) is 0. The molecule has 8 heavy (non-hydrogen) atoms. The number of carbonyl (C=O) groups is 1. The van der Waals surface area contributed by atoms with Gasteiger partial charge in [0.15, 0.2) is 0 Å². The van der Waals surface area contributed by atoms with Gasteiger partial charge >= 0.3 is 0 Å². The second-order valence-electron chi connectivity index (χ2n) is 0.385. The second kappa shape index (κ2) is 99.7. The largest absolute Gasteiger partial charge is 0.855 e. The Bertz CT molecular complexity index is 26.5. The van der Waals surface area contributed by atoms with Gasteiger partial charge in [-0.3, -0.25) is 0 Å². The molecule has 0 heterocycles. The van der Waals surface area contributed by atoms with Gasteiger partial charge in [-0.15, -0.1) is 6.61 Å². The number of quaternary nitrogens is 2. The Labute approximate surface area is 48.5 Å². The lowest BCUT2D eigenvalue weighted by Crippen LogP contribution is -2.01. The molecule has 8 N–H and O–H groups in total. The first-order chi connectivity index (χ1) is 2.83. The van der Waals surface area contributed by atoms with Gasteiger partial charge in [0.2, 0.25) is 0 Å². The molecular formula is C3H14N2O3. The fraction of sp³-hybridized carbons (Fsp3) is 0.667. The molecule has 0 amide bonds. The van der Waals surface area contributed by atoms with Crippen molar-refractivity contribution in [2.45, 2.75) is 6.92 Å². The molecule has 5 heteroatoms. The molecule has 54 valence electrons. The molecule has 0 aliphatic carbocycles. The molecule has 0 saturated carbocycles. The zero-order valence-electron chi connectivity index (χ0n) is 5.51. The number of hydrogen-bond acceptors (Lipinski definition) is 3. The minimum Gasteiger partial charge on any atom is -0.855 e. The molecular weight excluding hydrogens is 112 g/mol. The van der Waals surface area contributed by atoms with Gasteiger partial charge in [0.1, 0.15) is 0 Å². The van der Waals surface area contributed by atoms with E-state index in [0.717, 1.165) is 0 Å². The molecule has 0 bridgehead atoms. The van der Waals surface area contributed by atoms with E-state index in [1.165, 1.54) is 0 Å². The van der Waals surface area contributed by atoms with Crippen LogP contribution in [0.4, 0.5) is 0 Å². The van der Waals surface area contributed by atoms with Gasteiger partial charge in [0, 0.05) is 6.47 Å². The van der Waals surface area contributed by atoms with Crippen LogP contribution in [0.25, 0.3) is 0 Å². The lowest BCUT2D eigenvalue weighted by atomic mass is 10.9. The lowest BCUT2D eigenvalue weighted by Gasteiger charge is -1.79. The maximum Gasteiger partial charge on any atom is 0.0275 e. The van der Waals surface area contributed by atoms with Crippen LogP contribution in [0.15, 0.2) is 0 Å². The highest BCUT2D eigenvalue weighted by Gasteiger charge is 1.16. The van der Waals surface area contributed by atoms with Gasteiger partial charge < -0.3 is 27.3 Å². The summed E-state index contributed by atoms with van der Waals surface area (Å²) in [5.41, 5.74) is 0. The standard InChI is InChI=1S/C2H5O.CH2O2.2H3N/c1-2-3;2-1-3;;/h2H2,1H3;1H,(H,2,3);2*1H3/q-1;;;/p+1. The van der Waals surface area contributed by atoms with Crippen LogP contribution in [0, 0.1) is 0 Å². The topological polar surface area (TPSA) is 136 Å². The number of rotatable bonds is 0. The zero-order chi connectivity index (χ0) is 5.41. The SMILES string of the molecule is CC[O-].O=C[O-].[NH4+].[NH4+]. The second-order valence-corrected chi connectivity index (χ2v) is 0.385. The molecule has 0 aliphatic rings. The molecule has 0 rings (SSSR count). The molecule has 0 aromatic rings. The minimum atomic E-state index is -0.500. The van der Waals surface area contributed by atoms with E-state index in [2.05, 4.69) is 0 Å². The van der Waals surface area contributed by atoms with Gasteiger partial charge in [0.25, 0.3) is 0 Å². The number of carbonyl (C=O) groups excluding carboxylic acids is 1. The van der Waals surface area contributed by atoms with Crippen molar-refractivity contribution in [2.24, 2.45) is 0 Å². The summed E-state index contributed by atoms with van der Waals surface area (Å²) in [6, 6.07) is 0. The highest BCUT2D eigenvalue weighted by molar-refractivity contribution is 5.29. The van der Waals surface area contributed by atoms with Crippen molar-refractivity contribution in [1.29, 1.82) is 0 Å². The van der Waals surface area contributed by atoms with Crippen LogP contribution < -0.4 is 22.5 Å². The molecule has 0 saturated heterocycles. The Morgan fingerprint density at radius 3 is 1.50 bits per heavy atom. The van der Waals surface area contributed by atoms with Gasteiger partial charge in [-0.1, -0.05) is 6.92 Å². The van der Waals surface area contributed by atoms with Gasteiger partial charge in [-0.05, 0) is 0 Å². The van der Waals surface area contributed by atoms with Gasteiger partial charge in [0.05, 0.1) is 0 Å². The third-order valence-electron chi connectivity index (χ3n) is 0. The Kier molecular flexibility index (Phi) is 329. The third kappa shape index (κ3) is 240. The smallest absolute Gasteiger partial charge is 0.0275 e. The molecule has 0 fully saturated rings. The zero-order valence-corrected chi connectivity index (χ0v) is 5.51. The van der Waals surface area contributed by atoms with Crippen LogP contribution in [0.3, 0.4) is 0 Å². The van der Waals surface area contributed by atoms with Crippen LogP contribution in [-0.2, 0) is 4.79 Å². The highest BCUT2D eigenvalue weighted by Crippen LogP contribution is 1.18. The van der Waals surface area contributed by atoms with Gasteiger partial charge in [-0.25, -0.2) is 0 Å². The van der Waals surface area contributed by atoms with E-state index in [-0.39, 0.29) is 18.9 Å². The summed E-state index contributed by atoms with van der Waals surface area (Å²) in [5, 5.41) is 17.2. The fourth-order valence-electron chi connectivity index (χ4n) is 0. The fourth-order valence-corrected chi connectivity index (χ4v) is 0. The molecule has 5 nitrogen and oxygen atoms in total. The highest BCUT2D eigenvalue weighted by atomic mass is 16.3. The van der Waals surface area contributed by atoms with Crippen LogP contribution in [0.2, 0.25) is 0 Å². The summed E-state index contributed by atoms with van der Waals surface area (Å²) in [4.78, 5) is 8.25. The molecule has 0 aromatic heterocycles. The predicted molar refractivity (Wildman–Crippen MR) is 28.6 cm³/mol. The Morgan fingerprint density at radius 2 is 1.50 bits per heavy atom. The van der Waals surface area contributed by atoms with Crippen LogP contribution in [-0.4, -0.2) is 13.1 Å². The number of carboxylic acid groups (broad SMARTS) is 1. The van der Waals surface area contributed by atoms with Crippen molar-refractivity contribution >= 4 is 6.47 Å². The molecule has 0 spiro atoms. The maximum atomic E-state index is 8.93. The van der Waals surface area contributed by atoms with Crippen molar-refractivity contribution in [3.63, 3.8) is 0 Å². The average Bonchev–Trinajstić information content (AvgIpc) is 1.39. The normalized spacial score (nSPS) is 3.75. The number of hydrogen-bond donors (Lipinski definition) is 2. The first kappa shape index (κ1) is 26.4. The monoisotopic (exact) mass is 126 g/mol. The molecule has 0 aromatic carbocycles. The van der Waals surface area contributed by atoms with Crippen LogP contribution >= 0.6 is 0 Å².